The number of nitrogens with two attached hydrogens (primary N) is 1. The summed E-state index contributed by atoms with van der Waals surface area (Å²) in [5.74, 6) is 1.08. The quantitative estimate of drug-likeness (QED) is 0.814. The Kier molecular flexibility index (Phi) is 1.99. The normalized spacial score (nSPS) is 20.9. The maximum Gasteiger partial charge on any atom is 0.122 e. The van der Waals surface area contributed by atoms with Crippen LogP contribution in [0.5, 0.6) is 5.75 Å². The highest BCUT2D eigenvalue weighted by Crippen LogP contribution is 2.47. The van der Waals surface area contributed by atoms with Gasteiger partial charge in [-0.05, 0) is 48.4 Å². The van der Waals surface area contributed by atoms with Crippen LogP contribution in [-0.4, -0.2) is 13.2 Å². The van der Waals surface area contributed by atoms with Crippen LogP contribution in [0.4, 0.5) is 0 Å². The third-order valence-corrected chi connectivity index (χ3v) is 3.72. The summed E-state index contributed by atoms with van der Waals surface area (Å²) in [5.41, 5.74) is 9.05. The lowest BCUT2D eigenvalue weighted by Crippen LogP contribution is -2.17. The topological polar surface area (TPSA) is 35.2 Å². The summed E-state index contributed by atoms with van der Waals surface area (Å²) in [6.45, 7) is 1.68. The number of fused-ring (bicyclic) bond motifs is 1. The van der Waals surface area contributed by atoms with E-state index in [0.717, 1.165) is 31.7 Å². The van der Waals surface area contributed by atoms with E-state index in [1.54, 1.807) is 0 Å². The summed E-state index contributed by atoms with van der Waals surface area (Å²) in [6.07, 6.45) is 4.82. The van der Waals surface area contributed by atoms with Crippen molar-refractivity contribution in [2.75, 3.05) is 13.2 Å². The SMILES string of the molecule is NCC1(Cc2ccc3c(c2)CCO3)CC1. The van der Waals surface area contributed by atoms with Gasteiger partial charge in [0.2, 0.25) is 0 Å². The summed E-state index contributed by atoms with van der Waals surface area (Å²) in [6, 6.07) is 6.61. The molecule has 80 valence electrons. The average molecular weight is 203 g/mol. The molecular weight excluding hydrogens is 186 g/mol. The van der Waals surface area contributed by atoms with Gasteiger partial charge in [0.05, 0.1) is 6.61 Å². The average Bonchev–Trinajstić information content (AvgIpc) is 2.88. The second-order valence-corrected chi connectivity index (χ2v) is 4.92. The van der Waals surface area contributed by atoms with Gasteiger partial charge in [-0.2, -0.15) is 0 Å². The van der Waals surface area contributed by atoms with Crippen molar-refractivity contribution >= 4 is 0 Å². The molecule has 1 heterocycles. The van der Waals surface area contributed by atoms with E-state index in [1.807, 2.05) is 0 Å². The zero-order valence-corrected chi connectivity index (χ0v) is 8.96. The largest absolute Gasteiger partial charge is 0.493 e. The molecule has 2 N–H and O–H groups in total. The molecule has 1 saturated carbocycles. The Balaban J connectivity index is 1.81. The molecule has 2 heteroatoms. The van der Waals surface area contributed by atoms with Crippen LogP contribution >= 0.6 is 0 Å². The van der Waals surface area contributed by atoms with Gasteiger partial charge in [0.25, 0.3) is 0 Å². The molecular formula is C13H17NO. The predicted molar refractivity (Wildman–Crippen MR) is 60.1 cm³/mol. The van der Waals surface area contributed by atoms with Crippen molar-refractivity contribution in [3.63, 3.8) is 0 Å². The van der Waals surface area contributed by atoms with Crippen LogP contribution in [0.2, 0.25) is 0 Å². The van der Waals surface area contributed by atoms with Gasteiger partial charge in [0.1, 0.15) is 5.75 Å². The van der Waals surface area contributed by atoms with Crippen LogP contribution in [0.25, 0.3) is 0 Å². The van der Waals surface area contributed by atoms with Crippen LogP contribution in [0.1, 0.15) is 24.0 Å². The maximum absolute atomic E-state index is 5.80. The number of ether oxygens (including phenoxy) is 1. The third-order valence-electron chi connectivity index (χ3n) is 3.72. The lowest BCUT2D eigenvalue weighted by atomic mass is 9.95. The number of hydrogen-bond donors (Lipinski definition) is 1. The molecule has 2 nitrogen and oxygen atoms in total. The van der Waals surface area contributed by atoms with Crippen LogP contribution in [-0.2, 0) is 12.8 Å². The number of rotatable bonds is 3. The van der Waals surface area contributed by atoms with Gasteiger partial charge in [-0.25, -0.2) is 0 Å². The second kappa shape index (κ2) is 3.24. The molecule has 1 fully saturated rings. The van der Waals surface area contributed by atoms with E-state index in [4.69, 9.17) is 10.5 Å². The third kappa shape index (κ3) is 1.63. The van der Waals surface area contributed by atoms with E-state index >= 15 is 0 Å². The van der Waals surface area contributed by atoms with Crippen LogP contribution in [0.15, 0.2) is 18.2 Å². The van der Waals surface area contributed by atoms with Crippen LogP contribution in [0.3, 0.4) is 0 Å². The fourth-order valence-electron chi connectivity index (χ4n) is 2.41. The van der Waals surface area contributed by atoms with E-state index < -0.39 is 0 Å². The molecule has 1 aromatic carbocycles. The van der Waals surface area contributed by atoms with Crippen LogP contribution in [0, 0.1) is 5.41 Å². The minimum absolute atomic E-state index is 0.438. The first-order valence-electron chi connectivity index (χ1n) is 5.76. The molecule has 0 bridgehead atoms. The minimum atomic E-state index is 0.438. The molecule has 0 aromatic heterocycles. The van der Waals surface area contributed by atoms with E-state index in [0.29, 0.717) is 5.41 Å². The first kappa shape index (κ1) is 9.22. The lowest BCUT2D eigenvalue weighted by Gasteiger charge is -2.12. The summed E-state index contributed by atoms with van der Waals surface area (Å²) >= 11 is 0. The Morgan fingerprint density at radius 3 is 2.93 bits per heavy atom. The maximum atomic E-state index is 5.80. The van der Waals surface area contributed by atoms with Gasteiger partial charge in [-0.1, -0.05) is 12.1 Å². The Bertz CT molecular complexity index is 382. The first-order chi connectivity index (χ1) is 7.31. The first-order valence-corrected chi connectivity index (χ1v) is 5.76. The summed E-state index contributed by atoms with van der Waals surface area (Å²) in [4.78, 5) is 0. The monoisotopic (exact) mass is 203 g/mol. The number of hydrogen-bond acceptors (Lipinski definition) is 2. The van der Waals surface area contributed by atoms with Crippen molar-refractivity contribution in [2.45, 2.75) is 25.7 Å². The van der Waals surface area contributed by atoms with Crippen molar-refractivity contribution in [1.29, 1.82) is 0 Å². The van der Waals surface area contributed by atoms with Gasteiger partial charge in [0, 0.05) is 6.42 Å². The highest BCUT2D eigenvalue weighted by Gasteiger charge is 2.40. The molecule has 1 aromatic rings. The van der Waals surface area contributed by atoms with E-state index in [2.05, 4.69) is 18.2 Å². The molecule has 0 amide bonds. The lowest BCUT2D eigenvalue weighted by molar-refractivity contribution is 0.356. The Morgan fingerprint density at radius 1 is 1.33 bits per heavy atom. The molecule has 0 unspecified atom stereocenters. The van der Waals surface area contributed by atoms with Crippen molar-refractivity contribution < 1.29 is 4.74 Å². The van der Waals surface area contributed by atoms with E-state index in [9.17, 15) is 0 Å². The molecule has 1 aliphatic carbocycles. The van der Waals surface area contributed by atoms with Gasteiger partial charge in [-0.15, -0.1) is 0 Å². The van der Waals surface area contributed by atoms with Gasteiger partial charge in [-0.3, -0.25) is 0 Å². The fraction of sp³-hybridized carbons (Fsp3) is 0.538. The zero-order chi connectivity index (χ0) is 10.3. The zero-order valence-electron chi connectivity index (χ0n) is 8.96. The predicted octanol–water partition coefficient (Wildman–Crippen LogP) is 1.90. The van der Waals surface area contributed by atoms with Crippen LogP contribution < -0.4 is 10.5 Å². The highest BCUT2D eigenvalue weighted by molar-refractivity contribution is 5.40. The van der Waals surface area contributed by atoms with Crippen molar-refractivity contribution in [3.05, 3.63) is 29.3 Å². The van der Waals surface area contributed by atoms with Crippen molar-refractivity contribution in [1.82, 2.24) is 0 Å². The molecule has 0 saturated heterocycles. The molecule has 0 radical (unpaired) electrons. The summed E-state index contributed by atoms with van der Waals surface area (Å²) < 4.78 is 5.50. The Morgan fingerprint density at radius 2 is 2.20 bits per heavy atom. The Labute approximate surface area is 90.4 Å². The minimum Gasteiger partial charge on any atom is -0.493 e. The van der Waals surface area contributed by atoms with Crippen molar-refractivity contribution in [3.8, 4) is 5.75 Å². The highest BCUT2D eigenvalue weighted by atomic mass is 16.5. The van der Waals surface area contributed by atoms with Gasteiger partial charge in [0.15, 0.2) is 0 Å². The molecule has 1 aliphatic heterocycles. The summed E-state index contributed by atoms with van der Waals surface area (Å²) in [5, 5.41) is 0. The smallest absolute Gasteiger partial charge is 0.122 e. The molecule has 3 rings (SSSR count). The van der Waals surface area contributed by atoms with Gasteiger partial charge >= 0.3 is 0 Å². The standard InChI is InChI=1S/C13H17NO/c14-9-13(4-5-13)8-10-1-2-12-11(7-10)3-6-15-12/h1-2,7H,3-6,8-9,14H2. The van der Waals surface area contributed by atoms with E-state index in [-0.39, 0.29) is 0 Å². The fourth-order valence-corrected chi connectivity index (χ4v) is 2.41. The summed E-state index contributed by atoms with van der Waals surface area (Å²) in [7, 11) is 0. The molecule has 0 spiro atoms. The molecule has 0 atom stereocenters. The van der Waals surface area contributed by atoms with E-state index in [1.165, 1.54) is 24.0 Å². The Hall–Kier alpha value is -1.02. The van der Waals surface area contributed by atoms with Crippen molar-refractivity contribution in [2.24, 2.45) is 11.1 Å². The van der Waals surface area contributed by atoms with Gasteiger partial charge < -0.3 is 10.5 Å². The number of benzene rings is 1. The molecule has 2 aliphatic rings. The second-order valence-electron chi connectivity index (χ2n) is 4.92. The molecule has 15 heavy (non-hydrogen) atoms.